The molecule has 0 aliphatic heterocycles. The Kier molecular flexibility index (Phi) is 4.37. The molecule has 1 N–H and O–H groups in total. The van der Waals surface area contributed by atoms with E-state index in [0.29, 0.717) is 0 Å². The smallest absolute Gasteiger partial charge is 0.220 e. The Bertz CT molecular complexity index is 575. The average Bonchev–Trinajstić information content (AvgIpc) is 2.54. The van der Waals surface area contributed by atoms with Crippen LogP contribution in [0, 0.1) is 0 Å². The van der Waals surface area contributed by atoms with Crippen LogP contribution in [0.15, 0.2) is 30.4 Å². The summed E-state index contributed by atoms with van der Waals surface area (Å²) in [4.78, 5) is 21.0. The van der Waals surface area contributed by atoms with E-state index in [1.807, 2.05) is 0 Å². The van der Waals surface area contributed by atoms with E-state index in [0.717, 1.165) is 0 Å². The Morgan fingerprint density at radius 3 is 2.38 bits per heavy atom. The Labute approximate surface area is 123 Å². The zero-order chi connectivity index (χ0) is 15.5. The van der Waals surface area contributed by atoms with Crippen molar-refractivity contribution in [3.8, 4) is 11.8 Å². The summed E-state index contributed by atoms with van der Waals surface area (Å²) in [6, 6.07) is 1.52. The van der Waals surface area contributed by atoms with E-state index >= 15 is 0 Å². The zero-order valence-corrected chi connectivity index (χ0v) is 12.2. The number of ether oxygens (including phenoxy) is 2. The summed E-state index contributed by atoms with van der Waals surface area (Å²) < 4.78 is 10.2. The molecule has 2 unspecified atom stereocenters. The van der Waals surface area contributed by atoms with Gasteiger partial charge in [-0.15, -0.1) is 0 Å². The highest BCUT2D eigenvalue weighted by molar-refractivity contribution is 5.92. The molecule has 2 atom stereocenters. The molecule has 1 aromatic rings. The van der Waals surface area contributed by atoms with Crippen LogP contribution < -0.4 is 9.47 Å². The van der Waals surface area contributed by atoms with Crippen LogP contribution in [0.3, 0.4) is 0 Å². The average molecular weight is 290 g/mol. The first-order chi connectivity index (χ1) is 10.1. The molecule has 2 rings (SSSR count). The van der Waals surface area contributed by atoms with Crippen molar-refractivity contribution in [1.82, 2.24) is 9.97 Å². The molecule has 0 fully saturated rings. The number of nitrogens with zero attached hydrogens (tertiary/aromatic N) is 2. The summed E-state index contributed by atoms with van der Waals surface area (Å²) in [5.41, 5.74) is -1.31. The van der Waals surface area contributed by atoms with Crippen molar-refractivity contribution in [2.75, 3.05) is 14.2 Å². The maximum absolute atomic E-state index is 12.5. The molecule has 0 saturated heterocycles. The van der Waals surface area contributed by atoms with Crippen molar-refractivity contribution in [3.63, 3.8) is 0 Å². The van der Waals surface area contributed by atoms with Crippen LogP contribution in [0.5, 0.6) is 11.8 Å². The van der Waals surface area contributed by atoms with Crippen LogP contribution in [-0.2, 0) is 10.2 Å². The molecule has 1 aromatic heterocycles. The van der Waals surface area contributed by atoms with Gasteiger partial charge in [-0.3, -0.25) is 4.79 Å². The molecule has 1 aliphatic rings. The minimum atomic E-state index is -1.31. The molecule has 0 aromatic carbocycles. The van der Waals surface area contributed by atoms with Crippen LogP contribution in [0.4, 0.5) is 0 Å². The molecule has 0 saturated carbocycles. The lowest BCUT2D eigenvalue weighted by Gasteiger charge is -2.32. The lowest BCUT2D eigenvalue weighted by atomic mass is 9.73. The standard InChI is InChI=1S/C15H18N2O4/c1-4-10(18)15(8-6-5-7-11(15)19)14-16-12(20-2)9-13(17-14)21-3/h5-9,11,19H,4H2,1-3H3. The SMILES string of the molecule is CCC(=O)C1(c2nc(OC)cc(OC)n2)C=CC=CC1O. The highest BCUT2D eigenvalue weighted by Crippen LogP contribution is 2.35. The number of ketones is 1. The number of methoxy groups -OCH3 is 2. The van der Waals surface area contributed by atoms with Gasteiger partial charge in [0.2, 0.25) is 11.8 Å². The Hall–Kier alpha value is -2.21. The first-order valence-electron chi connectivity index (χ1n) is 6.63. The molecule has 0 bridgehead atoms. The second-order valence-corrected chi connectivity index (χ2v) is 4.61. The molecule has 6 heteroatoms. The number of aliphatic hydroxyl groups is 1. The van der Waals surface area contributed by atoms with Crippen molar-refractivity contribution >= 4 is 5.78 Å². The third kappa shape index (κ3) is 2.54. The molecule has 1 heterocycles. The molecule has 0 amide bonds. The fourth-order valence-corrected chi connectivity index (χ4v) is 2.31. The maximum atomic E-state index is 12.5. The van der Waals surface area contributed by atoms with Gasteiger partial charge in [-0.2, -0.15) is 9.97 Å². The fraction of sp³-hybridized carbons (Fsp3) is 0.400. The van der Waals surface area contributed by atoms with E-state index in [1.54, 1.807) is 31.2 Å². The number of rotatable bonds is 5. The lowest BCUT2D eigenvalue weighted by molar-refractivity contribution is -0.125. The zero-order valence-electron chi connectivity index (χ0n) is 12.2. The van der Waals surface area contributed by atoms with Gasteiger partial charge < -0.3 is 14.6 Å². The van der Waals surface area contributed by atoms with Crippen LogP contribution in [0.1, 0.15) is 19.2 Å². The molecule has 112 valence electrons. The normalized spacial score (nSPS) is 23.9. The summed E-state index contributed by atoms with van der Waals surface area (Å²) in [6.07, 6.45) is 5.77. The minimum Gasteiger partial charge on any atom is -0.481 e. The van der Waals surface area contributed by atoms with Gasteiger partial charge in [-0.1, -0.05) is 31.2 Å². The van der Waals surface area contributed by atoms with Crippen molar-refractivity contribution in [1.29, 1.82) is 0 Å². The second-order valence-electron chi connectivity index (χ2n) is 4.61. The van der Waals surface area contributed by atoms with Gasteiger partial charge in [0.25, 0.3) is 0 Å². The number of hydrogen-bond acceptors (Lipinski definition) is 6. The van der Waals surface area contributed by atoms with Crippen LogP contribution in [0.25, 0.3) is 0 Å². The minimum absolute atomic E-state index is 0.165. The monoisotopic (exact) mass is 290 g/mol. The van der Waals surface area contributed by atoms with Crippen molar-refractivity contribution < 1.29 is 19.4 Å². The number of allylic oxidation sites excluding steroid dienone is 2. The highest BCUT2D eigenvalue weighted by Gasteiger charge is 2.46. The van der Waals surface area contributed by atoms with E-state index in [9.17, 15) is 9.90 Å². The second kappa shape index (κ2) is 6.05. The number of Topliss-reactive ketones (excluding diaryl/α,β-unsaturated/α-hetero) is 1. The third-order valence-corrected chi connectivity index (χ3v) is 3.48. The van der Waals surface area contributed by atoms with Crippen molar-refractivity contribution in [3.05, 3.63) is 36.2 Å². The van der Waals surface area contributed by atoms with E-state index in [4.69, 9.17) is 9.47 Å². The largest absolute Gasteiger partial charge is 0.481 e. The number of aliphatic hydroxyl groups excluding tert-OH is 1. The number of carbonyl (C=O) groups is 1. The molecular weight excluding hydrogens is 272 g/mol. The molecule has 0 radical (unpaired) electrons. The van der Waals surface area contributed by atoms with Gasteiger partial charge in [0.15, 0.2) is 11.6 Å². The predicted molar refractivity (Wildman–Crippen MR) is 76.4 cm³/mol. The van der Waals surface area contributed by atoms with Gasteiger partial charge in [0.05, 0.1) is 26.4 Å². The first-order valence-corrected chi connectivity index (χ1v) is 6.63. The van der Waals surface area contributed by atoms with E-state index in [-0.39, 0.29) is 29.8 Å². The summed E-state index contributed by atoms with van der Waals surface area (Å²) in [5.74, 6) is 0.537. The topological polar surface area (TPSA) is 81.5 Å². The van der Waals surface area contributed by atoms with Gasteiger partial charge in [-0.05, 0) is 0 Å². The van der Waals surface area contributed by atoms with Crippen molar-refractivity contribution in [2.45, 2.75) is 24.9 Å². The Morgan fingerprint density at radius 2 is 1.90 bits per heavy atom. The van der Waals surface area contributed by atoms with E-state index in [1.165, 1.54) is 20.3 Å². The number of aromatic nitrogens is 2. The fourth-order valence-electron chi connectivity index (χ4n) is 2.31. The lowest BCUT2D eigenvalue weighted by Crippen LogP contribution is -2.46. The van der Waals surface area contributed by atoms with Gasteiger partial charge in [0.1, 0.15) is 5.41 Å². The first kappa shape index (κ1) is 15.2. The molecule has 21 heavy (non-hydrogen) atoms. The Morgan fingerprint density at radius 1 is 1.29 bits per heavy atom. The van der Waals surface area contributed by atoms with Gasteiger partial charge in [-0.25, -0.2) is 0 Å². The van der Waals surface area contributed by atoms with Gasteiger partial charge in [0, 0.05) is 6.42 Å². The summed E-state index contributed by atoms with van der Waals surface area (Å²) in [5, 5.41) is 10.4. The van der Waals surface area contributed by atoms with Crippen molar-refractivity contribution in [2.24, 2.45) is 0 Å². The summed E-state index contributed by atoms with van der Waals surface area (Å²) in [6.45, 7) is 1.74. The highest BCUT2D eigenvalue weighted by atomic mass is 16.5. The maximum Gasteiger partial charge on any atom is 0.220 e. The van der Waals surface area contributed by atoms with E-state index in [2.05, 4.69) is 9.97 Å². The molecule has 6 nitrogen and oxygen atoms in total. The van der Waals surface area contributed by atoms with Crippen LogP contribution >= 0.6 is 0 Å². The quantitative estimate of drug-likeness (QED) is 0.877. The number of carbonyl (C=O) groups excluding carboxylic acids is 1. The molecular formula is C15H18N2O4. The summed E-state index contributed by atoms with van der Waals surface area (Å²) >= 11 is 0. The Balaban J connectivity index is 2.65. The van der Waals surface area contributed by atoms with Gasteiger partial charge >= 0.3 is 0 Å². The number of hydrogen-bond donors (Lipinski definition) is 1. The van der Waals surface area contributed by atoms with E-state index < -0.39 is 11.5 Å². The molecule has 1 aliphatic carbocycles. The van der Waals surface area contributed by atoms with Crippen LogP contribution in [-0.4, -0.2) is 41.2 Å². The van der Waals surface area contributed by atoms with Crippen LogP contribution in [0.2, 0.25) is 0 Å². The summed E-state index contributed by atoms with van der Waals surface area (Å²) in [7, 11) is 2.93. The third-order valence-electron chi connectivity index (χ3n) is 3.48. The molecule has 0 spiro atoms. The predicted octanol–water partition coefficient (Wildman–Crippen LogP) is 1.20.